The highest BCUT2D eigenvalue weighted by atomic mass is 79.9. The molecule has 0 spiro atoms. The van der Waals surface area contributed by atoms with Gasteiger partial charge in [0.25, 0.3) is 0 Å². The van der Waals surface area contributed by atoms with Crippen LogP contribution in [0.4, 0.5) is 0 Å². The van der Waals surface area contributed by atoms with Crippen LogP contribution in [0.2, 0.25) is 0 Å². The van der Waals surface area contributed by atoms with Crippen molar-refractivity contribution < 1.29 is 4.74 Å². The Morgan fingerprint density at radius 2 is 2.17 bits per heavy atom. The van der Waals surface area contributed by atoms with Crippen LogP contribution in [0.25, 0.3) is 0 Å². The lowest BCUT2D eigenvalue weighted by Gasteiger charge is -2.09. The summed E-state index contributed by atoms with van der Waals surface area (Å²) in [5.41, 5.74) is 2.48. The molecular weight excluding hydrogens is 216 g/mol. The summed E-state index contributed by atoms with van der Waals surface area (Å²) in [7, 11) is 1.72. The number of methoxy groups -OCH3 is 1. The number of hydrogen-bond donors (Lipinski definition) is 0. The molecule has 0 radical (unpaired) electrons. The van der Waals surface area contributed by atoms with Gasteiger partial charge < -0.3 is 4.74 Å². The summed E-state index contributed by atoms with van der Waals surface area (Å²) in [4.78, 5) is 0. The fraction of sp³-hybridized carbons (Fsp3) is 0.400. The van der Waals surface area contributed by atoms with E-state index < -0.39 is 0 Å². The van der Waals surface area contributed by atoms with Crippen molar-refractivity contribution in [2.45, 2.75) is 13.3 Å². The number of aryl methyl sites for hydroxylation is 2. The van der Waals surface area contributed by atoms with Gasteiger partial charge in [-0.1, -0.05) is 34.1 Å². The Morgan fingerprint density at radius 1 is 1.42 bits per heavy atom. The maximum absolute atomic E-state index is 5.31. The molecule has 0 N–H and O–H groups in total. The van der Waals surface area contributed by atoms with Gasteiger partial charge in [0.05, 0.1) is 7.11 Å². The molecule has 66 valence electrons. The fourth-order valence-corrected chi connectivity index (χ4v) is 1.73. The lowest BCUT2D eigenvalue weighted by molar-refractivity contribution is 0.407. The average molecular weight is 229 g/mol. The molecule has 0 atom stereocenters. The molecule has 12 heavy (non-hydrogen) atoms. The molecule has 0 aliphatic carbocycles. The number of rotatable bonds is 3. The molecule has 1 aromatic rings. The summed E-state index contributed by atoms with van der Waals surface area (Å²) in [6.07, 6.45) is 1.02. The van der Waals surface area contributed by atoms with E-state index in [1.54, 1.807) is 7.11 Å². The average Bonchev–Trinajstić information content (AvgIpc) is 2.05. The summed E-state index contributed by atoms with van der Waals surface area (Å²) in [6, 6.07) is 6.24. The molecule has 0 aliphatic heterocycles. The second-order valence-electron chi connectivity index (χ2n) is 2.71. The highest BCUT2D eigenvalue weighted by Gasteiger charge is 2.03. The molecule has 0 amide bonds. The predicted molar refractivity (Wildman–Crippen MR) is 55.2 cm³/mol. The molecule has 0 aliphatic rings. The van der Waals surface area contributed by atoms with E-state index in [4.69, 9.17) is 4.74 Å². The number of ether oxygens (including phenoxy) is 1. The number of benzene rings is 1. The number of hydrogen-bond acceptors (Lipinski definition) is 1. The quantitative estimate of drug-likeness (QED) is 0.724. The van der Waals surface area contributed by atoms with Gasteiger partial charge >= 0.3 is 0 Å². The molecular formula is C10H13BrO. The highest BCUT2D eigenvalue weighted by molar-refractivity contribution is 9.09. The van der Waals surface area contributed by atoms with Crippen molar-refractivity contribution in [1.82, 2.24) is 0 Å². The molecule has 1 aromatic carbocycles. The minimum absolute atomic E-state index is 0.979. The summed E-state index contributed by atoms with van der Waals surface area (Å²) in [5, 5.41) is 0.979. The number of para-hydroxylation sites is 1. The lowest BCUT2D eigenvalue weighted by Crippen LogP contribution is -1.94. The summed E-state index contributed by atoms with van der Waals surface area (Å²) < 4.78 is 5.31. The van der Waals surface area contributed by atoms with Gasteiger partial charge in [0.1, 0.15) is 5.75 Å². The topological polar surface area (TPSA) is 9.23 Å². The van der Waals surface area contributed by atoms with Crippen molar-refractivity contribution >= 4 is 15.9 Å². The van der Waals surface area contributed by atoms with Gasteiger partial charge in [0.2, 0.25) is 0 Å². The second kappa shape index (κ2) is 4.51. The highest BCUT2D eigenvalue weighted by Crippen LogP contribution is 2.23. The maximum Gasteiger partial charge on any atom is 0.124 e. The lowest BCUT2D eigenvalue weighted by atomic mass is 10.1. The predicted octanol–water partition coefficient (Wildman–Crippen LogP) is 2.94. The van der Waals surface area contributed by atoms with Gasteiger partial charge in [0, 0.05) is 5.33 Å². The van der Waals surface area contributed by atoms with Crippen LogP contribution in [0.15, 0.2) is 18.2 Å². The zero-order valence-corrected chi connectivity index (χ0v) is 9.02. The van der Waals surface area contributed by atoms with Gasteiger partial charge in [-0.2, -0.15) is 0 Å². The molecule has 0 heterocycles. The van der Waals surface area contributed by atoms with Crippen LogP contribution < -0.4 is 4.74 Å². The molecule has 0 saturated carbocycles. The molecule has 0 saturated heterocycles. The Morgan fingerprint density at radius 3 is 2.75 bits per heavy atom. The minimum atomic E-state index is 0.979. The summed E-state index contributed by atoms with van der Waals surface area (Å²) >= 11 is 3.42. The maximum atomic E-state index is 5.31. The first-order chi connectivity index (χ1) is 5.79. The van der Waals surface area contributed by atoms with Crippen LogP contribution in [0.5, 0.6) is 5.75 Å². The van der Waals surface area contributed by atoms with E-state index in [-0.39, 0.29) is 0 Å². The van der Waals surface area contributed by atoms with Crippen LogP contribution >= 0.6 is 15.9 Å². The second-order valence-corrected chi connectivity index (χ2v) is 3.50. The third-order valence-corrected chi connectivity index (χ3v) is 2.26. The fourth-order valence-electron chi connectivity index (χ4n) is 1.30. The van der Waals surface area contributed by atoms with Gasteiger partial charge in [0.15, 0.2) is 0 Å². The van der Waals surface area contributed by atoms with Crippen molar-refractivity contribution in [2.75, 3.05) is 12.4 Å². The Hall–Kier alpha value is -0.500. The van der Waals surface area contributed by atoms with Crippen molar-refractivity contribution in [3.63, 3.8) is 0 Å². The van der Waals surface area contributed by atoms with Crippen LogP contribution in [0.1, 0.15) is 11.1 Å². The van der Waals surface area contributed by atoms with Gasteiger partial charge in [-0.15, -0.1) is 0 Å². The smallest absolute Gasteiger partial charge is 0.124 e. The van der Waals surface area contributed by atoms with Crippen LogP contribution in [0, 0.1) is 6.92 Å². The molecule has 1 rings (SSSR count). The number of alkyl halides is 1. The molecule has 0 unspecified atom stereocenters. The molecule has 0 bridgehead atoms. The Balaban J connectivity index is 3.00. The third-order valence-electron chi connectivity index (χ3n) is 1.86. The zero-order valence-electron chi connectivity index (χ0n) is 7.43. The van der Waals surface area contributed by atoms with Crippen LogP contribution in [-0.2, 0) is 6.42 Å². The van der Waals surface area contributed by atoms with Crippen molar-refractivity contribution in [3.8, 4) is 5.75 Å². The Labute approximate surface area is 81.9 Å². The monoisotopic (exact) mass is 228 g/mol. The Bertz CT molecular complexity index is 258. The first kappa shape index (κ1) is 9.59. The SMILES string of the molecule is COc1c(C)cccc1CCBr. The standard InChI is InChI=1S/C10H13BrO/c1-8-4-3-5-9(6-7-11)10(8)12-2/h3-5H,6-7H2,1-2H3. The normalized spacial score (nSPS) is 9.92. The van der Waals surface area contributed by atoms with Gasteiger partial charge in [-0.05, 0) is 24.5 Å². The van der Waals surface area contributed by atoms with E-state index in [2.05, 4.69) is 41.1 Å². The van der Waals surface area contributed by atoms with Crippen LogP contribution in [-0.4, -0.2) is 12.4 Å². The van der Waals surface area contributed by atoms with Crippen molar-refractivity contribution in [3.05, 3.63) is 29.3 Å². The van der Waals surface area contributed by atoms with E-state index in [0.717, 1.165) is 17.5 Å². The molecule has 0 aromatic heterocycles. The zero-order chi connectivity index (χ0) is 8.97. The summed E-state index contributed by atoms with van der Waals surface area (Å²) in [5.74, 6) is 1.02. The molecule has 1 nitrogen and oxygen atoms in total. The van der Waals surface area contributed by atoms with Crippen LogP contribution in [0.3, 0.4) is 0 Å². The van der Waals surface area contributed by atoms with Gasteiger partial charge in [-0.3, -0.25) is 0 Å². The first-order valence-corrected chi connectivity index (χ1v) is 5.10. The van der Waals surface area contributed by atoms with Crippen molar-refractivity contribution in [2.24, 2.45) is 0 Å². The minimum Gasteiger partial charge on any atom is -0.496 e. The van der Waals surface area contributed by atoms with E-state index in [9.17, 15) is 0 Å². The van der Waals surface area contributed by atoms with E-state index in [1.165, 1.54) is 11.1 Å². The van der Waals surface area contributed by atoms with E-state index in [1.807, 2.05) is 0 Å². The van der Waals surface area contributed by atoms with E-state index in [0.29, 0.717) is 0 Å². The largest absolute Gasteiger partial charge is 0.496 e. The van der Waals surface area contributed by atoms with E-state index >= 15 is 0 Å². The van der Waals surface area contributed by atoms with Crippen molar-refractivity contribution in [1.29, 1.82) is 0 Å². The number of halogens is 1. The third kappa shape index (κ3) is 2.01. The first-order valence-electron chi connectivity index (χ1n) is 3.98. The molecule has 2 heteroatoms. The Kier molecular flexibility index (Phi) is 3.60. The van der Waals surface area contributed by atoms with Gasteiger partial charge in [-0.25, -0.2) is 0 Å². The summed E-state index contributed by atoms with van der Waals surface area (Å²) in [6.45, 7) is 2.07. The molecule has 0 fully saturated rings.